The molecule has 1 aliphatic rings. The first-order valence-electron chi connectivity index (χ1n) is 7.76. The summed E-state index contributed by atoms with van der Waals surface area (Å²) in [5.74, 6) is -0.347. The lowest BCUT2D eigenvalue weighted by Crippen LogP contribution is -2.35. The molecule has 0 radical (unpaired) electrons. The van der Waals surface area contributed by atoms with Crippen LogP contribution in [0.2, 0.25) is 0 Å². The van der Waals surface area contributed by atoms with Gasteiger partial charge in [-0.3, -0.25) is 4.98 Å². The Bertz CT molecular complexity index is 427. The summed E-state index contributed by atoms with van der Waals surface area (Å²) in [4.78, 5) is 6.36. The summed E-state index contributed by atoms with van der Waals surface area (Å²) in [5.41, 5.74) is 0.523. The number of nitrogens with zero attached hydrogens (tertiary/aromatic N) is 2. The summed E-state index contributed by atoms with van der Waals surface area (Å²) in [6.07, 6.45) is 4.65. The number of hydrogen-bond donors (Lipinski definition) is 2. The summed E-state index contributed by atoms with van der Waals surface area (Å²) >= 11 is 0. The van der Waals surface area contributed by atoms with Gasteiger partial charge in [0.25, 0.3) is 0 Å². The third kappa shape index (κ3) is 4.46. The molecule has 2 heterocycles. The molecule has 0 aliphatic carbocycles. The van der Waals surface area contributed by atoms with Crippen molar-refractivity contribution >= 4 is 0 Å². The van der Waals surface area contributed by atoms with Crippen LogP contribution in [0, 0.1) is 11.7 Å². The number of halogens is 1. The number of pyridine rings is 1. The molecule has 3 unspecified atom stereocenters. The maximum atomic E-state index is 12.9. The highest BCUT2D eigenvalue weighted by Crippen LogP contribution is 2.26. The second-order valence-electron chi connectivity index (χ2n) is 5.98. The van der Waals surface area contributed by atoms with Crippen LogP contribution in [-0.2, 0) is 0 Å². The number of aliphatic hydroxyl groups excluding tert-OH is 2. The molecule has 0 saturated carbocycles. The molecule has 1 saturated heterocycles. The molecule has 21 heavy (non-hydrogen) atoms. The van der Waals surface area contributed by atoms with Gasteiger partial charge in [0.2, 0.25) is 0 Å². The van der Waals surface area contributed by atoms with E-state index in [0.717, 1.165) is 38.5 Å². The first-order valence-corrected chi connectivity index (χ1v) is 7.76. The lowest BCUT2D eigenvalue weighted by molar-refractivity contribution is 0.0788. The van der Waals surface area contributed by atoms with Gasteiger partial charge in [0.1, 0.15) is 5.82 Å². The molecule has 0 bridgehead atoms. The average molecular weight is 296 g/mol. The number of hydrogen-bond acceptors (Lipinski definition) is 4. The molecule has 1 aromatic rings. The largest absolute Gasteiger partial charge is 0.396 e. The topological polar surface area (TPSA) is 56.6 Å². The Morgan fingerprint density at radius 2 is 2.29 bits per heavy atom. The van der Waals surface area contributed by atoms with E-state index < -0.39 is 6.10 Å². The molecule has 0 amide bonds. The van der Waals surface area contributed by atoms with E-state index in [4.69, 9.17) is 5.11 Å². The van der Waals surface area contributed by atoms with Gasteiger partial charge in [-0.2, -0.15) is 0 Å². The molecule has 0 spiro atoms. The molecule has 118 valence electrons. The molecule has 1 fully saturated rings. The Labute approximate surface area is 125 Å². The Kier molecular flexibility index (Phi) is 6.08. The minimum Gasteiger partial charge on any atom is -0.396 e. The predicted octanol–water partition coefficient (Wildman–Crippen LogP) is 2.13. The highest BCUT2D eigenvalue weighted by molar-refractivity contribution is 5.09. The number of aliphatic hydroxyl groups is 2. The third-order valence-electron chi connectivity index (χ3n) is 4.31. The fourth-order valence-corrected chi connectivity index (χ4v) is 3.11. The van der Waals surface area contributed by atoms with Crippen molar-refractivity contribution in [1.82, 2.24) is 9.88 Å². The SMILES string of the molecule is CC(CN1CCCC1CCCO)C(O)c1ccc(F)cn1. The van der Waals surface area contributed by atoms with Crippen LogP contribution in [0.4, 0.5) is 4.39 Å². The van der Waals surface area contributed by atoms with Crippen molar-refractivity contribution in [3.8, 4) is 0 Å². The maximum Gasteiger partial charge on any atom is 0.141 e. The van der Waals surface area contributed by atoms with E-state index in [1.165, 1.54) is 12.5 Å². The maximum absolute atomic E-state index is 12.9. The fraction of sp³-hybridized carbons (Fsp3) is 0.688. The van der Waals surface area contributed by atoms with E-state index in [2.05, 4.69) is 9.88 Å². The van der Waals surface area contributed by atoms with E-state index in [-0.39, 0.29) is 18.3 Å². The van der Waals surface area contributed by atoms with Gasteiger partial charge in [0, 0.05) is 25.1 Å². The van der Waals surface area contributed by atoms with Crippen LogP contribution in [0.25, 0.3) is 0 Å². The molecule has 1 aliphatic heterocycles. The van der Waals surface area contributed by atoms with Crippen LogP contribution in [0.1, 0.15) is 44.4 Å². The first-order chi connectivity index (χ1) is 10.1. The number of likely N-dealkylation sites (tertiary alicyclic amines) is 1. The van der Waals surface area contributed by atoms with Gasteiger partial charge in [-0.15, -0.1) is 0 Å². The van der Waals surface area contributed by atoms with Gasteiger partial charge >= 0.3 is 0 Å². The summed E-state index contributed by atoms with van der Waals surface area (Å²) < 4.78 is 12.9. The van der Waals surface area contributed by atoms with Gasteiger partial charge in [-0.05, 0) is 44.4 Å². The van der Waals surface area contributed by atoms with E-state index in [1.54, 1.807) is 6.07 Å². The van der Waals surface area contributed by atoms with E-state index in [1.807, 2.05) is 6.92 Å². The van der Waals surface area contributed by atoms with Crippen molar-refractivity contribution in [3.63, 3.8) is 0 Å². The minimum atomic E-state index is -0.676. The van der Waals surface area contributed by atoms with Crippen molar-refractivity contribution < 1.29 is 14.6 Å². The van der Waals surface area contributed by atoms with Crippen molar-refractivity contribution in [2.24, 2.45) is 5.92 Å². The van der Waals surface area contributed by atoms with E-state index in [0.29, 0.717) is 11.7 Å². The lowest BCUT2D eigenvalue weighted by atomic mass is 9.99. The molecule has 5 heteroatoms. The van der Waals surface area contributed by atoms with E-state index >= 15 is 0 Å². The lowest BCUT2D eigenvalue weighted by Gasteiger charge is -2.29. The van der Waals surface area contributed by atoms with Crippen molar-refractivity contribution in [3.05, 3.63) is 29.8 Å². The first kappa shape index (κ1) is 16.3. The number of aromatic nitrogens is 1. The molecule has 1 aromatic heterocycles. The Hall–Kier alpha value is -1.04. The molecule has 4 nitrogen and oxygen atoms in total. The molecular weight excluding hydrogens is 271 g/mol. The molecular formula is C16H25FN2O2. The molecule has 3 atom stereocenters. The zero-order valence-corrected chi connectivity index (χ0v) is 12.6. The summed E-state index contributed by atoms with van der Waals surface area (Å²) in [7, 11) is 0. The zero-order valence-electron chi connectivity index (χ0n) is 12.6. The van der Waals surface area contributed by atoms with Gasteiger partial charge in [0.05, 0.1) is 18.0 Å². The standard InChI is InChI=1S/C16H25FN2O2/c1-12(16(21)15-7-6-13(17)10-18-15)11-19-8-2-4-14(19)5-3-9-20/h6-7,10,12,14,16,20-21H,2-5,8-9,11H2,1H3. The van der Waals surface area contributed by atoms with Crippen LogP contribution in [0.5, 0.6) is 0 Å². The quantitative estimate of drug-likeness (QED) is 0.809. The van der Waals surface area contributed by atoms with Crippen molar-refractivity contribution in [2.75, 3.05) is 19.7 Å². The Morgan fingerprint density at radius 3 is 2.95 bits per heavy atom. The van der Waals surface area contributed by atoms with Crippen molar-refractivity contribution in [2.45, 2.75) is 44.8 Å². The van der Waals surface area contributed by atoms with Gasteiger partial charge in [-0.1, -0.05) is 6.92 Å². The van der Waals surface area contributed by atoms with Crippen molar-refractivity contribution in [1.29, 1.82) is 0 Å². The summed E-state index contributed by atoms with van der Waals surface area (Å²) in [6, 6.07) is 3.38. The minimum absolute atomic E-state index is 0.0395. The van der Waals surface area contributed by atoms with Crippen LogP contribution in [-0.4, -0.2) is 45.8 Å². The second-order valence-corrected chi connectivity index (χ2v) is 5.98. The Balaban J connectivity index is 1.90. The molecule has 0 aromatic carbocycles. The normalized spacial score (nSPS) is 22.4. The van der Waals surface area contributed by atoms with Gasteiger partial charge in [0.15, 0.2) is 0 Å². The highest BCUT2D eigenvalue weighted by Gasteiger charge is 2.28. The van der Waals surface area contributed by atoms with Crippen LogP contribution in [0.15, 0.2) is 18.3 Å². The summed E-state index contributed by atoms with van der Waals surface area (Å²) in [5, 5.41) is 19.3. The fourth-order valence-electron chi connectivity index (χ4n) is 3.11. The van der Waals surface area contributed by atoms with Crippen LogP contribution < -0.4 is 0 Å². The smallest absolute Gasteiger partial charge is 0.141 e. The molecule has 2 rings (SSSR count). The van der Waals surface area contributed by atoms with Gasteiger partial charge in [-0.25, -0.2) is 4.39 Å². The average Bonchev–Trinajstić information content (AvgIpc) is 2.92. The summed E-state index contributed by atoms with van der Waals surface area (Å²) in [6.45, 7) is 4.08. The number of rotatable bonds is 7. The third-order valence-corrected chi connectivity index (χ3v) is 4.31. The van der Waals surface area contributed by atoms with E-state index in [9.17, 15) is 9.50 Å². The molecule has 2 N–H and O–H groups in total. The Morgan fingerprint density at radius 1 is 1.48 bits per heavy atom. The highest BCUT2D eigenvalue weighted by atomic mass is 19.1. The van der Waals surface area contributed by atoms with Crippen LogP contribution >= 0.6 is 0 Å². The zero-order chi connectivity index (χ0) is 15.2. The predicted molar refractivity (Wildman–Crippen MR) is 79.2 cm³/mol. The van der Waals surface area contributed by atoms with Gasteiger partial charge < -0.3 is 15.1 Å². The van der Waals surface area contributed by atoms with Crippen LogP contribution in [0.3, 0.4) is 0 Å². The monoisotopic (exact) mass is 296 g/mol. The second kappa shape index (κ2) is 7.82.